The predicted octanol–water partition coefficient (Wildman–Crippen LogP) is 8.77. The van der Waals surface area contributed by atoms with Gasteiger partial charge in [-0.3, -0.25) is 14.4 Å². The number of methoxy groups -OCH3 is 1. The fraction of sp³-hybridized carbons (Fsp3) is 0.630. The van der Waals surface area contributed by atoms with E-state index in [1.165, 1.54) is 24.8 Å². The van der Waals surface area contributed by atoms with Crippen molar-refractivity contribution >= 4 is 17.5 Å². The van der Waals surface area contributed by atoms with E-state index < -0.39 is 17.5 Å². The third kappa shape index (κ3) is 5.94. The molecule has 0 radical (unpaired) electrons. The fourth-order valence-corrected chi connectivity index (χ4v) is 12.8. The van der Waals surface area contributed by atoms with Crippen LogP contribution in [0.25, 0.3) is 0 Å². The van der Waals surface area contributed by atoms with Crippen molar-refractivity contribution in [2.24, 2.45) is 50.2 Å². The SMILES string of the molecule is C=CC(C1=CC(=O)C(OC)=CC1=O)c1ccccc1.CC1(C)CCC2(C(=O)O)C(O)CC3(C)C(=CCC4C5(C)CCC(O)C(C)(C)C5CCC43C)C2C1. The van der Waals surface area contributed by atoms with Crippen LogP contribution in [0.3, 0.4) is 0 Å². The summed E-state index contributed by atoms with van der Waals surface area (Å²) in [5.74, 6) is -0.632. The van der Waals surface area contributed by atoms with E-state index in [0.29, 0.717) is 30.3 Å². The Morgan fingerprint density at radius 3 is 2.17 bits per heavy atom. The molecule has 6 aliphatic rings. The largest absolute Gasteiger partial charge is 0.493 e. The van der Waals surface area contributed by atoms with Crippen LogP contribution in [0, 0.1) is 50.2 Å². The van der Waals surface area contributed by atoms with Crippen LogP contribution in [0.4, 0.5) is 0 Å². The number of allylic oxidation sites excluding steroid dienone is 6. The van der Waals surface area contributed by atoms with Crippen LogP contribution in [-0.2, 0) is 19.1 Å². The Bertz CT molecular complexity index is 1750. The molecule has 10 unspecified atom stereocenters. The van der Waals surface area contributed by atoms with Gasteiger partial charge in [0.15, 0.2) is 11.5 Å². The van der Waals surface area contributed by atoms with Gasteiger partial charge in [0, 0.05) is 17.6 Å². The first-order valence-corrected chi connectivity index (χ1v) is 19.8. The highest BCUT2D eigenvalue weighted by Gasteiger charge is 2.71. The van der Waals surface area contributed by atoms with Crippen LogP contribution in [0.15, 0.2) is 78.1 Å². The maximum Gasteiger partial charge on any atom is 0.312 e. The molecule has 0 amide bonds. The molecular formula is C46H62O7. The first-order chi connectivity index (χ1) is 24.7. The first-order valence-electron chi connectivity index (χ1n) is 19.8. The minimum atomic E-state index is -1.04. The molecule has 3 N–H and O–H groups in total. The van der Waals surface area contributed by atoms with Gasteiger partial charge < -0.3 is 20.1 Å². The molecule has 7 rings (SSSR count). The first kappa shape index (κ1) is 39.4. The third-order valence-electron chi connectivity index (χ3n) is 16.1. The molecular weight excluding hydrogens is 664 g/mol. The van der Waals surface area contributed by atoms with Crippen LogP contribution in [0.1, 0.15) is 118 Å². The van der Waals surface area contributed by atoms with Crippen molar-refractivity contribution < 1.29 is 34.4 Å². The number of ketones is 2. The molecule has 1 aromatic rings. The lowest BCUT2D eigenvalue weighted by atomic mass is 9.33. The van der Waals surface area contributed by atoms with Gasteiger partial charge in [-0.15, -0.1) is 6.58 Å². The van der Waals surface area contributed by atoms with E-state index in [0.717, 1.165) is 50.5 Å². The van der Waals surface area contributed by atoms with Crippen molar-refractivity contribution in [3.05, 3.63) is 83.7 Å². The number of fused-ring (bicyclic) bond motifs is 7. The summed E-state index contributed by atoms with van der Waals surface area (Å²) in [6, 6.07) is 9.48. The predicted molar refractivity (Wildman–Crippen MR) is 207 cm³/mol. The molecule has 53 heavy (non-hydrogen) atoms. The van der Waals surface area contributed by atoms with Crippen LogP contribution >= 0.6 is 0 Å². The van der Waals surface area contributed by atoms with Crippen molar-refractivity contribution in [2.75, 3.05) is 7.11 Å². The van der Waals surface area contributed by atoms with Crippen molar-refractivity contribution in [1.29, 1.82) is 0 Å². The number of carbonyl (C=O) groups is 3. The molecule has 0 aromatic heterocycles. The molecule has 4 saturated carbocycles. The highest BCUT2D eigenvalue weighted by molar-refractivity contribution is 6.19. The number of hydrogen-bond donors (Lipinski definition) is 3. The van der Waals surface area contributed by atoms with E-state index in [4.69, 9.17) is 4.74 Å². The summed E-state index contributed by atoms with van der Waals surface area (Å²) in [6.45, 7) is 20.2. The molecule has 4 fully saturated rings. The molecule has 0 bridgehead atoms. The average molecular weight is 727 g/mol. The minimum absolute atomic E-state index is 0.0218. The number of hydrogen-bond acceptors (Lipinski definition) is 6. The lowest BCUT2D eigenvalue weighted by Gasteiger charge is -2.71. The summed E-state index contributed by atoms with van der Waals surface area (Å²) in [7, 11) is 1.37. The Labute approximate surface area is 316 Å². The Morgan fingerprint density at radius 2 is 1.55 bits per heavy atom. The summed E-state index contributed by atoms with van der Waals surface area (Å²) in [4.78, 5) is 36.6. The number of ether oxygens (including phenoxy) is 1. The number of benzene rings is 1. The normalized spacial score (nSPS) is 40.2. The maximum atomic E-state index is 12.8. The van der Waals surface area contributed by atoms with Gasteiger partial charge in [0.25, 0.3) is 0 Å². The van der Waals surface area contributed by atoms with E-state index in [2.05, 4.69) is 61.1 Å². The van der Waals surface area contributed by atoms with Gasteiger partial charge in [-0.1, -0.05) is 96.5 Å². The quantitative estimate of drug-likeness (QED) is 0.205. The number of carboxylic acids is 1. The van der Waals surface area contributed by atoms with E-state index >= 15 is 0 Å². The van der Waals surface area contributed by atoms with Crippen molar-refractivity contribution in [3.8, 4) is 0 Å². The minimum Gasteiger partial charge on any atom is -0.493 e. The molecule has 1 aromatic carbocycles. The van der Waals surface area contributed by atoms with Crippen LogP contribution < -0.4 is 0 Å². The second-order valence-electron chi connectivity index (χ2n) is 19.3. The zero-order chi connectivity index (χ0) is 38.9. The van der Waals surface area contributed by atoms with Crippen molar-refractivity contribution in [2.45, 2.75) is 124 Å². The van der Waals surface area contributed by atoms with E-state index in [9.17, 15) is 29.7 Å². The summed E-state index contributed by atoms with van der Waals surface area (Å²) < 4.78 is 4.86. The molecule has 0 saturated heterocycles. The molecule has 0 spiro atoms. The van der Waals surface area contributed by atoms with Crippen LogP contribution in [-0.4, -0.2) is 52.2 Å². The Morgan fingerprint density at radius 1 is 0.868 bits per heavy atom. The smallest absolute Gasteiger partial charge is 0.312 e. The van der Waals surface area contributed by atoms with E-state index in [-0.39, 0.29) is 62.3 Å². The summed E-state index contributed by atoms with van der Waals surface area (Å²) in [5.41, 5.74) is 1.65. The highest BCUT2D eigenvalue weighted by Crippen LogP contribution is 2.75. The number of carbonyl (C=O) groups excluding carboxylic acids is 2. The number of aliphatic hydroxyl groups is 2. The molecule has 288 valence electrons. The molecule has 0 aliphatic heterocycles. The number of rotatable bonds is 5. The number of aliphatic carboxylic acids is 1. The van der Waals surface area contributed by atoms with Gasteiger partial charge in [0.2, 0.25) is 5.78 Å². The lowest BCUT2D eigenvalue weighted by molar-refractivity contribution is -0.218. The van der Waals surface area contributed by atoms with Gasteiger partial charge >= 0.3 is 5.97 Å². The average Bonchev–Trinajstić information content (AvgIpc) is 3.09. The Kier molecular flexibility index (Phi) is 10.0. The third-order valence-corrected chi connectivity index (χ3v) is 16.1. The van der Waals surface area contributed by atoms with Gasteiger partial charge in [-0.2, -0.15) is 0 Å². The van der Waals surface area contributed by atoms with Gasteiger partial charge in [0.05, 0.1) is 19.3 Å². The van der Waals surface area contributed by atoms with Gasteiger partial charge in [0.1, 0.15) is 5.41 Å². The second-order valence-corrected chi connectivity index (χ2v) is 19.3. The number of aliphatic hydroxyl groups excluding tert-OH is 2. The molecule has 0 heterocycles. The zero-order valence-electron chi connectivity index (χ0n) is 33.2. The van der Waals surface area contributed by atoms with Crippen molar-refractivity contribution in [1.82, 2.24) is 0 Å². The summed E-state index contributed by atoms with van der Waals surface area (Å²) in [5, 5.41) is 33.1. The summed E-state index contributed by atoms with van der Waals surface area (Å²) >= 11 is 0. The maximum absolute atomic E-state index is 12.8. The Hall–Kier alpha value is -3.29. The van der Waals surface area contributed by atoms with E-state index in [1.807, 2.05) is 30.3 Å². The number of carboxylic acid groups (broad SMARTS) is 1. The van der Waals surface area contributed by atoms with Crippen LogP contribution in [0.5, 0.6) is 0 Å². The van der Waals surface area contributed by atoms with E-state index in [1.54, 1.807) is 6.08 Å². The fourth-order valence-electron chi connectivity index (χ4n) is 12.8. The Balaban J connectivity index is 0.000000214. The topological polar surface area (TPSA) is 121 Å². The lowest BCUT2D eigenvalue weighted by Crippen LogP contribution is -2.67. The molecule has 7 heteroatoms. The monoisotopic (exact) mass is 726 g/mol. The molecule has 6 aliphatic carbocycles. The standard InChI is InChI=1S/C30H48O4.C16H14O3/c1-25(2)14-15-30(24(33)34)19(16-25)18-8-9-21-27(5)12-11-22(31)26(3,4)20(27)10-13-28(21,6)29(18,7)17-23(30)32;1-3-12(11-7-5-4-6-8-11)13-9-15(18)16(19-2)10-14(13)17/h8,19-23,31-32H,9-17H2,1-7H3,(H,33,34);3-10,12H,1H2,2H3. The summed E-state index contributed by atoms with van der Waals surface area (Å²) in [6.07, 6.45) is 13.6. The van der Waals surface area contributed by atoms with Crippen LogP contribution in [0.2, 0.25) is 0 Å². The van der Waals surface area contributed by atoms with Crippen molar-refractivity contribution in [3.63, 3.8) is 0 Å². The zero-order valence-corrected chi connectivity index (χ0v) is 33.2. The van der Waals surface area contributed by atoms with Gasteiger partial charge in [-0.25, -0.2) is 0 Å². The highest BCUT2D eigenvalue weighted by atomic mass is 16.5. The molecule has 10 atom stereocenters. The second kappa shape index (κ2) is 13.5. The molecule has 7 nitrogen and oxygen atoms in total. The van der Waals surface area contributed by atoms with Gasteiger partial charge in [-0.05, 0) is 114 Å².